The molecule has 0 aliphatic carbocycles. The van der Waals surface area contributed by atoms with Gasteiger partial charge in [0.2, 0.25) is 0 Å². The van der Waals surface area contributed by atoms with Gasteiger partial charge in [-0.25, -0.2) is 0 Å². The van der Waals surface area contributed by atoms with Crippen LogP contribution < -0.4 is 0 Å². The second-order valence-corrected chi connectivity index (χ2v) is 2.03. The lowest BCUT2D eigenvalue weighted by Gasteiger charge is -1.88. The highest BCUT2D eigenvalue weighted by atomic mass is 32.1. The van der Waals surface area contributed by atoms with Crippen LogP contribution in [0, 0.1) is 0 Å². The van der Waals surface area contributed by atoms with E-state index in [9.17, 15) is 0 Å². The van der Waals surface area contributed by atoms with Gasteiger partial charge in [-0.15, -0.1) is 12.6 Å². The minimum absolute atomic E-state index is 0.280. The molecule has 0 heterocycles. The highest BCUT2D eigenvalue weighted by Crippen LogP contribution is 2.11. The fraction of sp³-hybridized carbons (Fsp3) is 0.250. The topological polar surface area (TPSA) is 20.2 Å². The van der Waals surface area contributed by atoms with Gasteiger partial charge in [-0.1, -0.05) is 13.8 Å². The summed E-state index contributed by atoms with van der Waals surface area (Å²) in [5, 5.41) is 8.72. The van der Waals surface area contributed by atoms with Crippen molar-refractivity contribution < 1.29 is 5.11 Å². The monoisotopic (exact) mass is 156 g/mol. The molecule has 1 aromatic carbocycles. The van der Waals surface area contributed by atoms with Gasteiger partial charge in [-0.05, 0) is 24.3 Å². The largest absolute Gasteiger partial charge is 0.508 e. The third kappa shape index (κ3) is 3.41. The molecule has 1 nitrogen and oxygen atoms in total. The van der Waals surface area contributed by atoms with Gasteiger partial charge in [0.1, 0.15) is 5.75 Å². The average molecular weight is 156 g/mol. The Hall–Kier alpha value is -0.630. The normalized spacial score (nSPS) is 7.90. The molecule has 1 aromatic rings. The van der Waals surface area contributed by atoms with Gasteiger partial charge in [0.15, 0.2) is 0 Å². The number of thiol groups is 1. The van der Waals surface area contributed by atoms with Gasteiger partial charge >= 0.3 is 0 Å². The molecule has 0 saturated carbocycles. The minimum Gasteiger partial charge on any atom is -0.508 e. The summed E-state index contributed by atoms with van der Waals surface area (Å²) in [7, 11) is 0. The van der Waals surface area contributed by atoms with Crippen molar-refractivity contribution in [2.45, 2.75) is 18.7 Å². The van der Waals surface area contributed by atoms with Crippen LogP contribution in [0.1, 0.15) is 13.8 Å². The van der Waals surface area contributed by atoms with Crippen molar-refractivity contribution in [3.63, 3.8) is 0 Å². The van der Waals surface area contributed by atoms with Crippen LogP contribution in [-0.2, 0) is 0 Å². The van der Waals surface area contributed by atoms with Crippen molar-refractivity contribution >= 4 is 12.6 Å². The van der Waals surface area contributed by atoms with E-state index in [1.54, 1.807) is 24.3 Å². The third-order valence-corrected chi connectivity index (χ3v) is 1.15. The Morgan fingerprint density at radius 2 is 1.50 bits per heavy atom. The fourth-order valence-corrected chi connectivity index (χ4v) is 0.602. The van der Waals surface area contributed by atoms with Gasteiger partial charge < -0.3 is 5.11 Å². The van der Waals surface area contributed by atoms with Gasteiger partial charge in [0.05, 0.1) is 0 Å². The van der Waals surface area contributed by atoms with Gasteiger partial charge in [-0.3, -0.25) is 0 Å². The van der Waals surface area contributed by atoms with E-state index in [1.165, 1.54) is 0 Å². The van der Waals surface area contributed by atoms with Crippen LogP contribution in [0.25, 0.3) is 0 Å². The van der Waals surface area contributed by atoms with E-state index in [0.29, 0.717) is 0 Å². The SMILES string of the molecule is CC.Oc1ccc(S)cc1. The molecule has 0 aliphatic heterocycles. The standard InChI is InChI=1S/C6H6OS.C2H6/c7-5-1-3-6(8)4-2-5;1-2/h1-4,7-8H;1-2H3. The van der Waals surface area contributed by atoms with Crippen LogP contribution in [0.2, 0.25) is 0 Å². The number of hydrogen-bond donors (Lipinski definition) is 2. The molecular weight excluding hydrogens is 144 g/mol. The van der Waals surface area contributed by atoms with Gasteiger partial charge in [0, 0.05) is 4.90 Å². The van der Waals surface area contributed by atoms with E-state index in [-0.39, 0.29) is 5.75 Å². The second kappa shape index (κ2) is 5.18. The predicted octanol–water partition coefficient (Wildman–Crippen LogP) is 2.71. The zero-order valence-electron chi connectivity index (χ0n) is 6.20. The van der Waals surface area contributed by atoms with E-state index < -0.39 is 0 Å². The number of aromatic hydroxyl groups is 1. The summed E-state index contributed by atoms with van der Waals surface area (Å²) < 4.78 is 0. The quantitative estimate of drug-likeness (QED) is 0.553. The summed E-state index contributed by atoms with van der Waals surface area (Å²) in [6.07, 6.45) is 0. The molecule has 0 amide bonds. The first kappa shape index (κ1) is 9.37. The first-order valence-electron chi connectivity index (χ1n) is 3.27. The summed E-state index contributed by atoms with van der Waals surface area (Å²) in [5.41, 5.74) is 0. The number of benzene rings is 1. The molecule has 10 heavy (non-hydrogen) atoms. The Morgan fingerprint density at radius 1 is 1.10 bits per heavy atom. The lowest BCUT2D eigenvalue weighted by Crippen LogP contribution is -1.62. The molecule has 0 saturated heterocycles. The molecule has 0 aliphatic rings. The van der Waals surface area contributed by atoms with E-state index in [4.69, 9.17) is 5.11 Å². The Morgan fingerprint density at radius 3 is 1.80 bits per heavy atom. The number of phenolic OH excluding ortho intramolecular Hbond substituents is 1. The van der Waals surface area contributed by atoms with E-state index >= 15 is 0 Å². The summed E-state index contributed by atoms with van der Waals surface area (Å²) in [6.45, 7) is 4.00. The lowest BCUT2D eigenvalue weighted by molar-refractivity contribution is 0.475. The van der Waals surface area contributed by atoms with Crippen LogP contribution in [0.4, 0.5) is 0 Å². The average Bonchev–Trinajstić information content (AvgIpc) is 2.00. The van der Waals surface area contributed by atoms with E-state index in [1.807, 2.05) is 13.8 Å². The highest BCUT2D eigenvalue weighted by Gasteiger charge is 1.82. The number of hydrogen-bond acceptors (Lipinski definition) is 2. The Bertz CT molecular complexity index is 148. The molecule has 0 bridgehead atoms. The Labute approximate surface area is 67.1 Å². The first-order chi connectivity index (χ1) is 4.79. The molecule has 0 unspecified atom stereocenters. The molecule has 0 radical (unpaired) electrons. The predicted molar refractivity (Wildman–Crippen MR) is 46.7 cm³/mol. The van der Waals surface area contributed by atoms with Crippen LogP contribution in [-0.4, -0.2) is 5.11 Å². The summed E-state index contributed by atoms with van der Waals surface area (Å²) in [6, 6.07) is 6.67. The molecule has 0 spiro atoms. The maximum Gasteiger partial charge on any atom is 0.115 e. The first-order valence-corrected chi connectivity index (χ1v) is 3.72. The smallest absolute Gasteiger partial charge is 0.115 e. The van der Waals surface area contributed by atoms with Gasteiger partial charge in [-0.2, -0.15) is 0 Å². The zero-order valence-corrected chi connectivity index (χ0v) is 7.10. The maximum absolute atomic E-state index is 8.72. The van der Waals surface area contributed by atoms with Crippen molar-refractivity contribution in [2.75, 3.05) is 0 Å². The van der Waals surface area contributed by atoms with Gasteiger partial charge in [0.25, 0.3) is 0 Å². The minimum atomic E-state index is 0.280. The van der Waals surface area contributed by atoms with Crippen molar-refractivity contribution in [1.82, 2.24) is 0 Å². The highest BCUT2D eigenvalue weighted by molar-refractivity contribution is 7.80. The summed E-state index contributed by atoms with van der Waals surface area (Å²) >= 11 is 4.02. The van der Waals surface area contributed by atoms with Crippen LogP contribution in [0.3, 0.4) is 0 Å². The summed E-state index contributed by atoms with van der Waals surface area (Å²) in [4.78, 5) is 0.864. The Balaban J connectivity index is 0.000000371. The molecule has 0 aromatic heterocycles. The van der Waals surface area contributed by atoms with Crippen molar-refractivity contribution in [3.8, 4) is 5.75 Å². The zero-order chi connectivity index (χ0) is 7.98. The van der Waals surface area contributed by atoms with E-state index in [0.717, 1.165) is 4.90 Å². The molecule has 1 N–H and O–H groups in total. The van der Waals surface area contributed by atoms with Crippen LogP contribution >= 0.6 is 12.6 Å². The van der Waals surface area contributed by atoms with Crippen LogP contribution in [0.5, 0.6) is 5.75 Å². The second-order valence-electron chi connectivity index (χ2n) is 1.52. The maximum atomic E-state index is 8.72. The molecule has 0 atom stereocenters. The molecular formula is C8H12OS. The van der Waals surface area contributed by atoms with Crippen molar-refractivity contribution in [3.05, 3.63) is 24.3 Å². The van der Waals surface area contributed by atoms with Crippen molar-refractivity contribution in [2.24, 2.45) is 0 Å². The van der Waals surface area contributed by atoms with Crippen molar-refractivity contribution in [1.29, 1.82) is 0 Å². The lowest BCUT2D eigenvalue weighted by atomic mass is 10.3. The number of rotatable bonds is 0. The van der Waals surface area contributed by atoms with E-state index in [2.05, 4.69) is 12.6 Å². The summed E-state index contributed by atoms with van der Waals surface area (Å²) in [5.74, 6) is 0.280. The molecule has 0 fully saturated rings. The molecule has 56 valence electrons. The Kier molecular flexibility index (Phi) is 4.85. The molecule has 2 heteroatoms. The fourth-order valence-electron chi connectivity index (χ4n) is 0.453. The number of phenols is 1. The third-order valence-electron chi connectivity index (χ3n) is 0.850. The molecule has 1 rings (SSSR count). The van der Waals surface area contributed by atoms with Crippen LogP contribution in [0.15, 0.2) is 29.2 Å².